The number of aromatic hydroxyl groups is 4. The highest BCUT2D eigenvalue weighted by molar-refractivity contribution is 5.97. The van der Waals surface area contributed by atoms with Crippen molar-refractivity contribution < 1.29 is 60.0 Å². The number of benzene rings is 4. The topological polar surface area (TPSA) is 280 Å². The molecule has 16 nitrogen and oxygen atoms in total. The van der Waals surface area contributed by atoms with Gasteiger partial charge in [-0.3, -0.25) is 0 Å². The third kappa shape index (κ3) is 7.09. The number of phenols is 4. The summed E-state index contributed by atoms with van der Waals surface area (Å²) in [5.41, 5.74) is -2.58. The summed E-state index contributed by atoms with van der Waals surface area (Å²) in [6.07, 6.45) is 2.91. The maximum Gasteiger partial charge on any atom is 0.338 e. The molecule has 4 rings (SSSR count). The van der Waals surface area contributed by atoms with E-state index in [1.54, 1.807) is 0 Å². The molecule has 0 aliphatic heterocycles. The van der Waals surface area contributed by atoms with Gasteiger partial charge in [-0.15, -0.1) is 20.5 Å². The van der Waals surface area contributed by atoms with Crippen LogP contribution in [0, 0.1) is 0 Å². The van der Waals surface area contributed by atoms with E-state index in [4.69, 9.17) is 0 Å². The van der Waals surface area contributed by atoms with Gasteiger partial charge in [0.15, 0.2) is 0 Å². The Bertz CT molecular complexity index is 1870. The van der Waals surface area contributed by atoms with E-state index < -0.39 is 69.4 Å². The van der Waals surface area contributed by atoms with Gasteiger partial charge >= 0.3 is 23.9 Å². The van der Waals surface area contributed by atoms with Crippen molar-refractivity contribution >= 4 is 58.8 Å². The van der Waals surface area contributed by atoms with E-state index in [0.717, 1.165) is 24.3 Å². The highest BCUT2D eigenvalue weighted by Gasteiger charge is 2.19. The molecule has 0 radical (unpaired) electrons. The lowest BCUT2D eigenvalue weighted by molar-refractivity contribution is 0.0686. The third-order valence-electron chi connectivity index (χ3n) is 6.10. The van der Waals surface area contributed by atoms with Gasteiger partial charge < -0.3 is 40.9 Å². The zero-order chi connectivity index (χ0) is 33.7. The van der Waals surface area contributed by atoms with Crippen molar-refractivity contribution in [3.8, 4) is 23.0 Å². The van der Waals surface area contributed by atoms with Crippen molar-refractivity contribution in [1.29, 1.82) is 0 Å². The molecule has 0 bridgehead atoms. The third-order valence-corrected chi connectivity index (χ3v) is 6.10. The molecule has 0 aliphatic carbocycles. The monoisotopic (exact) mass is 628 g/mol. The predicted octanol–water partition coefficient (Wildman–Crippen LogP) is 6.30. The van der Waals surface area contributed by atoms with Crippen LogP contribution in [0.1, 0.15) is 52.6 Å². The molecule has 232 valence electrons. The molecule has 0 fully saturated rings. The predicted molar refractivity (Wildman–Crippen MR) is 158 cm³/mol. The first kappa shape index (κ1) is 31.8. The number of carboxylic acid groups (broad SMARTS) is 4. The normalized spacial score (nSPS) is 11.4. The minimum Gasteiger partial charge on any atom is -0.508 e. The molecule has 0 spiro atoms. The number of nitrogens with zero attached hydrogens (tertiary/aromatic N) is 4. The Kier molecular flexibility index (Phi) is 9.02. The summed E-state index contributed by atoms with van der Waals surface area (Å²) in [7, 11) is 0. The van der Waals surface area contributed by atoms with Crippen LogP contribution in [-0.2, 0) is 0 Å². The number of hydrogen-bond donors (Lipinski definition) is 8. The lowest BCUT2D eigenvalue weighted by atomic mass is 10.1. The number of azo groups is 2. The van der Waals surface area contributed by atoms with Crippen molar-refractivity contribution in [2.24, 2.45) is 20.5 Å². The van der Waals surface area contributed by atoms with Crippen LogP contribution in [-0.4, -0.2) is 64.7 Å². The van der Waals surface area contributed by atoms with Gasteiger partial charge in [0.25, 0.3) is 0 Å². The molecule has 0 aromatic heterocycles. The summed E-state index contributed by atoms with van der Waals surface area (Å²) in [5, 5.41) is 92.0. The molecule has 0 atom stereocenters. The molecule has 4 aromatic carbocycles. The van der Waals surface area contributed by atoms with Crippen LogP contribution in [0.5, 0.6) is 23.0 Å². The molecule has 46 heavy (non-hydrogen) atoms. The quantitative estimate of drug-likeness (QED) is 0.0709. The molecule has 0 saturated carbocycles. The van der Waals surface area contributed by atoms with Crippen molar-refractivity contribution in [1.82, 2.24) is 0 Å². The average Bonchev–Trinajstić information content (AvgIpc) is 2.98. The zero-order valence-electron chi connectivity index (χ0n) is 22.9. The summed E-state index contributed by atoms with van der Waals surface area (Å²) >= 11 is 0. The Morgan fingerprint density at radius 1 is 0.457 bits per heavy atom. The fraction of sp³-hybridized carbons (Fsp3) is 0. The van der Waals surface area contributed by atoms with E-state index in [9.17, 15) is 60.0 Å². The van der Waals surface area contributed by atoms with Crippen molar-refractivity contribution in [2.45, 2.75) is 0 Å². The van der Waals surface area contributed by atoms with E-state index >= 15 is 0 Å². The Hall–Kier alpha value is -7.10. The van der Waals surface area contributed by atoms with Crippen LogP contribution in [0.4, 0.5) is 22.7 Å². The zero-order valence-corrected chi connectivity index (χ0v) is 22.9. The minimum atomic E-state index is -1.52. The molecule has 16 heteroatoms. The largest absolute Gasteiger partial charge is 0.508 e. The Labute approximate surface area is 256 Å². The van der Waals surface area contributed by atoms with Crippen LogP contribution in [0.3, 0.4) is 0 Å². The summed E-state index contributed by atoms with van der Waals surface area (Å²) in [6, 6.07) is 11.2. The second-order valence-electron chi connectivity index (χ2n) is 9.23. The van der Waals surface area contributed by atoms with Crippen LogP contribution in [0.25, 0.3) is 12.2 Å². The minimum absolute atomic E-state index is 0.193. The summed E-state index contributed by atoms with van der Waals surface area (Å²) < 4.78 is 0. The van der Waals surface area contributed by atoms with Crippen LogP contribution in [0.15, 0.2) is 81.1 Å². The number of phenolic OH excluding ortho intramolecular Hbond substituents is 4. The molecular weight excluding hydrogens is 608 g/mol. The highest BCUT2D eigenvalue weighted by atomic mass is 16.4. The first-order valence-corrected chi connectivity index (χ1v) is 12.6. The molecule has 0 unspecified atom stereocenters. The maximum absolute atomic E-state index is 11.9. The SMILES string of the molecule is O=C(O)c1cc(C=Cc2ccc(N=Nc3c(O)cc(O)cc3C(=O)O)c(C(=O)O)c2)ccc1N=Nc1c(O)cc(O)cc1C(=O)O. The van der Waals surface area contributed by atoms with Gasteiger partial charge in [-0.2, -0.15) is 0 Å². The Balaban J connectivity index is 1.63. The number of aromatic carboxylic acids is 4. The molecule has 0 aliphatic rings. The van der Waals surface area contributed by atoms with Crippen molar-refractivity contribution in [3.63, 3.8) is 0 Å². The van der Waals surface area contributed by atoms with E-state index in [1.807, 2.05) is 0 Å². The maximum atomic E-state index is 11.9. The first-order valence-electron chi connectivity index (χ1n) is 12.6. The van der Waals surface area contributed by atoms with Crippen LogP contribution < -0.4 is 0 Å². The summed E-state index contributed by atoms with van der Waals surface area (Å²) in [4.78, 5) is 46.8. The summed E-state index contributed by atoms with van der Waals surface area (Å²) in [5.74, 6) is -8.33. The second-order valence-corrected chi connectivity index (χ2v) is 9.23. The second kappa shape index (κ2) is 13.0. The Morgan fingerprint density at radius 2 is 0.804 bits per heavy atom. The van der Waals surface area contributed by atoms with E-state index in [2.05, 4.69) is 20.5 Å². The van der Waals surface area contributed by atoms with Gasteiger partial charge in [0.05, 0.1) is 22.3 Å². The molecule has 0 amide bonds. The van der Waals surface area contributed by atoms with Gasteiger partial charge in [-0.1, -0.05) is 24.3 Å². The van der Waals surface area contributed by atoms with Crippen LogP contribution >= 0.6 is 0 Å². The van der Waals surface area contributed by atoms with Crippen LogP contribution in [0.2, 0.25) is 0 Å². The molecule has 4 aromatic rings. The molecule has 8 N–H and O–H groups in total. The van der Waals surface area contributed by atoms with Gasteiger partial charge in [0, 0.05) is 12.1 Å². The first-order chi connectivity index (χ1) is 21.7. The smallest absolute Gasteiger partial charge is 0.338 e. The number of rotatable bonds is 10. The number of carboxylic acids is 4. The lowest BCUT2D eigenvalue weighted by Gasteiger charge is -2.06. The number of carbonyl (C=O) groups is 4. The van der Waals surface area contributed by atoms with Crippen molar-refractivity contribution in [2.75, 3.05) is 0 Å². The summed E-state index contributed by atoms with van der Waals surface area (Å²) in [6.45, 7) is 0. The van der Waals surface area contributed by atoms with Gasteiger partial charge in [0.1, 0.15) is 45.7 Å². The fourth-order valence-corrected chi connectivity index (χ4v) is 3.98. The van der Waals surface area contributed by atoms with E-state index in [0.29, 0.717) is 11.1 Å². The van der Waals surface area contributed by atoms with E-state index in [-0.39, 0.29) is 22.5 Å². The fourth-order valence-electron chi connectivity index (χ4n) is 3.98. The van der Waals surface area contributed by atoms with E-state index in [1.165, 1.54) is 48.6 Å². The molecule has 0 heterocycles. The number of hydrogen-bond acceptors (Lipinski definition) is 12. The standard InChI is InChI=1S/C30H20N4O12/c35-15-9-19(29(43)44)25(23(37)11-15)33-31-21-5-3-13(7-17(21)27(39)40)1-2-14-4-6-22(18(8-14)28(41)42)32-34-26-20(30(45)46)10-16(36)12-24(26)38/h1-12,35-38H,(H,39,40)(H,41,42)(H,43,44)(H,45,46). The highest BCUT2D eigenvalue weighted by Crippen LogP contribution is 2.38. The average molecular weight is 629 g/mol. The van der Waals surface area contributed by atoms with Gasteiger partial charge in [-0.05, 0) is 47.5 Å². The lowest BCUT2D eigenvalue weighted by Crippen LogP contribution is -1.98. The van der Waals surface area contributed by atoms with Gasteiger partial charge in [-0.25, -0.2) is 19.2 Å². The van der Waals surface area contributed by atoms with Crippen molar-refractivity contribution in [3.05, 3.63) is 94.0 Å². The molecular formula is C30H20N4O12. The molecule has 0 saturated heterocycles. The Morgan fingerprint density at radius 3 is 1.13 bits per heavy atom. The van der Waals surface area contributed by atoms with Gasteiger partial charge in [0.2, 0.25) is 0 Å².